The molecular weight excluding hydrogens is 226 g/mol. The number of H-pyrrole nitrogens is 1. The second-order valence-electron chi connectivity index (χ2n) is 4.15. The fraction of sp³-hybridized carbons (Fsp3) is 0.0714. The predicted octanol–water partition coefficient (Wildman–Crippen LogP) is 2.55. The largest absolute Gasteiger partial charge is 0.388 e. The molecule has 0 bridgehead atoms. The number of hydrogen-bond donors (Lipinski definition) is 3. The Bertz CT molecular complexity index is 626. The Labute approximate surface area is 105 Å². The van der Waals surface area contributed by atoms with Gasteiger partial charge in [-0.25, -0.2) is 0 Å². The van der Waals surface area contributed by atoms with E-state index in [1.54, 1.807) is 0 Å². The van der Waals surface area contributed by atoms with E-state index < -0.39 is 0 Å². The number of amides is 1. The normalized spacial score (nSPS) is 15.6. The summed E-state index contributed by atoms with van der Waals surface area (Å²) in [6.45, 7) is 0. The van der Waals surface area contributed by atoms with E-state index in [0.717, 1.165) is 22.6 Å². The highest BCUT2D eigenvalue weighted by Gasteiger charge is 2.24. The van der Waals surface area contributed by atoms with Gasteiger partial charge in [0.25, 0.3) is 5.91 Å². The molecule has 90 valence electrons. The van der Waals surface area contributed by atoms with E-state index in [9.17, 15) is 4.79 Å². The minimum atomic E-state index is -0.0622. The molecule has 1 aromatic heterocycles. The third-order valence-electron chi connectivity index (χ3n) is 3.01. The molecule has 0 saturated heterocycles. The summed E-state index contributed by atoms with van der Waals surface area (Å²) in [6, 6.07) is 9.68. The maximum atomic E-state index is 11.9. The summed E-state index contributed by atoms with van der Waals surface area (Å²) in [4.78, 5) is 15.0. The van der Waals surface area contributed by atoms with Crippen LogP contribution in [-0.4, -0.2) is 17.9 Å². The lowest BCUT2D eigenvalue weighted by Crippen LogP contribution is -2.03. The number of hydrogen-bond acceptors (Lipinski definition) is 2. The Morgan fingerprint density at radius 2 is 2.17 bits per heavy atom. The van der Waals surface area contributed by atoms with Crippen LogP contribution in [0.25, 0.3) is 11.6 Å². The number of aromatic amines is 1. The summed E-state index contributed by atoms with van der Waals surface area (Å²) in [7, 11) is 1.86. The highest BCUT2D eigenvalue weighted by atomic mass is 16.2. The van der Waals surface area contributed by atoms with Gasteiger partial charge in [0, 0.05) is 30.2 Å². The molecule has 0 fully saturated rings. The van der Waals surface area contributed by atoms with Crippen molar-refractivity contribution in [1.29, 1.82) is 0 Å². The average molecular weight is 239 g/mol. The molecule has 2 aromatic rings. The Morgan fingerprint density at radius 3 is 2.89 bits per heavy atom. The number of nitrogens with one attached hydrogen (secondary N) is 3. The summed E-state index contributed by atoms with van der Waals surface area (Å²) in [5.41, 5.74) is 4.38. The van der Waals surface area contributed by atoms with Crippen molar-refractivity contribution in [2.75, 3.05) is 17.7 Å². The molecule has 0 radical (unpaired) electrons. The fourth-order valence-electron chi connectivity index (χ4n) is 2.08. The first kappa shape index (κ1) is 10.7. The number of carbonyl (C=O) groups is 1. The van der Waals surface area contributed by atoms with E-state index in [0.29, 0.717) is 5.57 Å². The molecule has 1 aliphatic heterocycles. The third-order valence-corrected chi connectivity index (χ3v) is 3.01. The van der Waals surface area contributed by atoms with Crippen molar-refractivity contribution in [3.05, 3.63) is 47.8 Å². The van der Waals surface area contributed by atoms with Crippen molar-refractivity contribution in [3.63, 3.8) is 0 Å². The van der Waals surface area contributed by atoms with E-state index >= 15 is 0 Å². The molecule has 2 heterocycles. The van der Waals surface area contributed by atoms with Crippen molar-refractivity contribution >= 4 is 28.9 Å². The van der Waals surface area contributed by atoms with Crippen LogP contribution in [0.2, 0.25) is 0 Å². The van der Waals surface area contributed by atoms with Crippen molar-refractivity contribution in [2.45, 2.75) is 0 Å². The van der Waals surface area contributed by atoms with Gasteiger partial charge < -0.3 is 15.6 Å². The Morgan fingerprint density at radius 1 is 1.28 bits per heavy atom. The molecule has 0 aliphatic carbocycles. The van der Waals surface area contributed by atoms with Crippen LogP contribution >= 0.6 is 0 Å². The van der Waals surface area contributed by atoms with Crippen LogP contribution in [0.3, 0.4) is 0 Å². The second-order valence-corrected chi connectivity index (χ2v) is 4.15. The first-order valence-corrected chi connectivity index (χ1v) is 5.76. The molecule has 1 amide bonds. The molecule has 1 aromatic carbocycles. The number of rotatable bonds is 2. The van der Waals surface area contributed by atoms with Gasteiger partial charge in [-0.05, 0) is 30.3 Å². The molecule has 1 aliphatic rings. The molecule has 18 heavy (non-hydrogen) atoms. The minimum absolute atomic E-state index is 0.0622. The summed E-state index contributed by atoms with van der Waals surface area (Å²) in [5.74, 6) is -0.0622. The monoisotopic (exact) mass is 239 g/mol. The van der Waals surface area contributed by atoms with Crippen molar-refractivity contribution in [3.8, 4) is 0 Å². The van der Waals surface area contributed by atoms with Gasteiger partial charge in [0.1, 0.15) is 0 Å². The standard InChI is InChI=1S/C14H13N3O/c1-15-9-4-5-11-12(7-10-3-2-6-16-10)14(18)17-13(11)8-9/h2-8,15-16H,1H3,(H,17,18)/b12-7-. The molecule has 3 rings (SSSR count). The molecule has 0 saturated carbocycles. The van der Waals surface area contributed by atoms with Crippen LogP contribution in [0.5, 0.6) is 0 Å². The van der Waals surface area contributed by atoms with Gasteiger partial charge in [-0.1, -0.05) is 6.07 Å². The SMILES string of the molecule is CNc1ccc2c(c1)NC(=O)/C2=C\c1ccc[nH]1. The van der Waals surface area contributed by atoms with Crippen LogP contribution in [0.4, 0.5) is 11.4 Å². The topological polar surface area (TPSA) is 56.9 Å². The van der Waals surface area contributed by atoms with Crippen LogP contribution in [0.1, 0.15) is 11.3 Å². The Kier molecular flexibility index (Phi) is 2.41. The van der Waals surface area contributed by atoms with E-state index in [4.69, 9.17) is 0 Å². The quantitative estimate of drug-likeness (QED) is 0.705. The highest BCUT2D eigenvalue weighted by molar-refractivity contribution is 6.35. The molecule has 4 nitrogen and oxygen atoms in total. The molecule has 0 spiro atoms. The summed E-state index contributed by atoms with van der Waals surface area (Å²) < 4.78 is 0. The number of anilines is 2. The summed E-state index contributed by atoms with van der Waals surface area (Å²) >= 11 is 0. The molecule has 0 atom stereocenters. The maximum Gasteiger partial charge on any atom is 0.256 e. The average Bonchev–Trinajstić information content (AvgIpc) is 2.98. The van der Waals surface area contributed by atoms with Gasteiger partial charge in [0.2, 0.25) is 0 Å². The number of fused-ring (bicyclic) bond motifs is 1. The van der Waals surface area contributed by atoms with Crippen LogP contribution in [-0.2, 0) is 4.79 Å². The van der Waals surface area contributed by atoms with Gasteiger partial charge in [0.05, 0.1) is 11.3 Å². The van der Waals surface area contributed by atoms with Gasteiger partial charge in [0.15, 0.2) is 0 Å². The Hall–Kier alpha value is -2.49. The third kappa shape index (κ3) is 1.68. The zero-order valence-corrected chi connectivity index (χ0v) is 9.95. The second kappa shape index (κ2) is 4.07. The highest BCUT2D eigenvalue weighted by Crippen LogP contribution is 2.34. The first-order valence-electron chi connectivity index (χ1n) is 5.76. The number of benzene rings is 1. The fourth-order valence-corrected chi connectivity index (χ4v) is 2.08. The maximum absolute atomic E-state index is 11.9. The van der Waals surface area contributed by atoms with Crippen molar-refractivity contribution in [1.82, 2.24) is 4.98 Å². The van der Waals surface area contributed by atoms with Crippen molar-refractivity contribution in [2.24, 2.45) is 0 Å². The van der Waals surface area contributed by atoms with Gasteiger partial charge >= 0.3 is 0 Å². The number of aromatic nitrogens is 1. The smallest absolute Gasteiger partial charge is 0.256 e. The van der Waals surface area contributed by atoms with E-state index in [1.165, 1.54) is 0 Å². The predicted molar refractivity (Wildman–Crippen MR) is 73.3 cm³/mol. The zero-order valence-electron chi connectivity index (χ0n) is 9.95. The molecule has 0 unspecified atom stereocenters. The van der Waals surface area contributed by atoms with Crippen LogP contribution in [0, 0.1) is 0 Å². The van der Waals surface area contributed by atoms with E-state index in [2.05, 4.69) is 15.6 Å². The zero-order chi connectivity index (χ0) is 12.5. The molecule has 4 heteroatoms. The van der Waals surface area contributed by atoms with E-state index in [1.807, 2.05) is 49.7 Å². The summed E-state index contributed by atoms with van der Waals surface area (Å²) in [5, 5.41) is 5.93. The van der Waals surface area contributed by atoms with Crippen LogP contribution < -0.4 is 10.6 Å². The minimum Gasteiger partial charge on any atom is -0.388 e. The lowest BCUT2D eigenvalue weighted by Gasteiger charge is -2.02. The van der Waals surface area contributed by atoms with Gasteiger partial charge in [-0.3, -0.25) is 4.79 Å². The lowest BCUT2D eigenvalue weighted by molar-refractivity contribution is -0.110. The first-order chi connectivity index (χ1) is 8.78. The number of carbonyl (C=O) groups excluding carboxylic acids is 1. The molecular formula is C14H13N3O. The van der Waals surface area contributed by atoms with Gasteiger partial charge in [-0.15, -0.1) is 0 Å². The molecule has 3 N–H and O–H groups in total. The lowest BCUT2D eigenvalue weighted by atomic mass is 10.1. The Balaban J connectivity index is 2.07. The summed E-state index contributed by atoms with van der Waals surface area (Å²) in [6.07, 6.45) is 3.70. The van der Waals surface area contributed by atoms with Crippen molar-refractivity contribution < 1.29 is 4.79 Å². The van der Waals surface area contributed by atoms with Gasteiger partial charge in [-0.2, -0.15) is 0 Å². The van der Waals surface area contributed by atoms with Crippen LogP contribution in [0.15, 0.2) is 36.5 Å². The van der Waals surface area contributed by atoms with E-state index in [-0.39, 0.29) is 5.91 Å².